The van der Waals surface area contributed by atoms with E-state index >= 15 is 0 Å². The zero-order valence-electron chi connectivity index (χ0n) is 15.7. The Morgan fingerprint density at radius 1 is 1.30 bits per heavy atom. The molecule has 1 aliphatic rings. The van der Waals surface area contributed by atoms with Crippen LogP contribution < -0.4 is 10.1 Å². The molecule has 1 amide bonds. The number of rotatable bonds is 4. The van der Waals surface area contributed by atoms with Crippen LogP contribution in [0, 0.1) is 5.92 Å². The second kappa shape index (κ2) is 8.18. The summed E-state index contributed by atoms with van der Waals surface area (Å²) in [5, 5.41) is 2.41. The molecule has 0 unspecified atom stereocenters. The van der Waals surface area contributed by atoms with E-state index < -0.39 is 39.2 Å². The van der Waals surface area contributed by atoms with Crippen LogP contribution in [0.3, 0.4) is 0 Å². The summed E-state index contributed by atoms with van der Waals surface area (Å²) in [6, 6.07) is 4.22. The van der Waals surface area contributed by atoms with Crippen molar-refractivity contribution in [1.82, 2.24) is 5.32 Å². The van der Waals surface area contributed by atoms with Crippen molar-refractivity contribution in [3.05, 3.63) is 28.2 Å². The minimum atomic E-state index is -3.47. The second-order valence-electron chi connectivity index (χ2n) is 7.55. The summed E-state index contributed by atoms with van der Waals surface area (Å²) < 4.78 is 35.6. The van der Waals surface area contributed by atoms with Crippen LogP contribution in [0.4, 0.5) is 4.79 Å². The van der Waals surface area contributed by atoms with Crippen molar-refractivity contribution in [2.24, 2.45) is 5.92 Å². The lowest BCUT2D eigenvalue weighted by Gasteiger charge is -2.29. The molecule has 1 aromatic rings. The third kappa shape index (κ3) is 6.21. The molecule has 1 aromatic carbocycles. The molecule has 27 heavy (non-hydrogen) atoms. The number of halogens is 1. The molecular weight excluding hydrogens is 438 g/mol. The number of ether oxygens (including phenoxy) is 2. The first-order valence-electron chi connectivity index (χ1n) is 8.46. The molecule has 0 radical (unpaired) electrons. The van der Waals surface area contributed by atoms with Crippen molar-refractivity contribution in [1.29, 1.82) is 0 Å². The smallest absolute Gasteiger partial charge is 0.408 e. The summed E-state index contributed by atoms with van der Waals surface area (Å²) in [5.41, 5.74) is 0.0595. The molecule has 0 bridgehead atoms. The fourth-order valence-electron chi connectivity index (χ4n) is 2.92. The van der Waals surface area contributed by atoms with Crippen molar-refractivity contribution >= 4 is 37.6 Å². The highest BCUT2D eigenvalue weighted by Crippen LogP contribution is 2.28. The average Bonchev–Trinajstić information content (AvgIpc) is 2.49. The number of carbonyl (C=O) groups excluding carboxylic acids is 2. The van der Waals surface area contributed by atoms with E-state index in [0.717, 1.165) is 10.0 Å². The highest BCUT2D eigenvalue weighted by molar-refractivity contribution is 9.10. The van der Waals surface area contributed by atoms with Gasteiger partial charge in [-0.25, -0.2) is 13.2 Å². The van der Waals surface area contributed by atoms with E-state index in [2.05, 4.69) is 21.2 Å². The van der Waals surface area contributed by atoms with Gasteiger partial charge in [0.1, 0.15) is 17.4 Å². The van der Waals surface area contributed by atoms with E-state index in [1.165, 1.54) is 0 Å². The van der Waals surface area contributed by atoms with E-state index in [1.807, 2.05) is 0 Å². The number of amides is 1. The maximum Gasteiger partial charge on any atom is 0.408 e. The molecule has 0 spiro atoms. The van der Waals surface area contributed by atoms with Gasteiger partial charge in [-0.15, -0.1) is 0 Å². The van der Waals surface area contributed by atoms with Gasteiger partial charge in [0.2, 0.25) is 0 Å². The van der Waals surface area contributed by atoms with Gasteiger partial charge in [-0.2, -0.15) is 0 Å². The predicted molar refractivity (Wildman–Crippen MR) is 105 cm³/mol. The Labute approximate surface area is 167 Å². The van der Waals surface area contributed by atoms with Crippen LogP contribution in [0.25, 0.3) is 0 Å². The number of methoxy groups -OCH3 is 1. The maximum atomic E-state index is 12.8. The number of hydrogen-bond acceptors (Lipinski definition) is 6. The number of carbonyl (C=O) groups is 2. The normalized spacial score (nSPS) is 22.2. The van der Waals surface area contributed by atoms with Gasteiger partial charge in [-0.3, -0.25) is 4.79 Å². The molecule has 0 aromatic heterocycles. The van der Waals surface area contributed by atoms with Gasteiger partial charge in [0, 0.05) is 5.92 Å². The molecule has 1 fully saturated rings. The molecule has 1 saturated heterocycles. The molecular formula is C18H24BrNO6S. The van der Waals surface area contributed by atoms with Crippen LogP contribution >= 0.6 is 15.9 Å². The minimum absolute atomic E-state index is 0.234. The number of nitrogens with one attached hydrogen (secondary N) is 1. The van der Waals surface area contributed by atoms with Crippen molar-refractivity contribution in [2.45, 2.75) is 38.8 Å². The van der Waals surface area contributed by atoms with Crippen LogP contribution in [0.5, 0.6) is 5.75 Å². The van der Waals surface area contributed by atoms with E-state index in [4.69, 9.17) is 9.47 Å². The highest BCUT2D eigenvalue weighted by atomic mass is 79.9. The third-order valence-corrected chi connectivity index (χ3v) is 6.38. The van der Waals surface area contributed by atoms with E-state index in [-0.39, 0.29) is 18.0 Å². The number of ketones is 1. The Balaban J connectivity index is 2.16. The summed E-state index contributed by atoms with van der Waals surface area (Å²) in [7, 11) is -1.93. The molecule has 150 valence electrons. The maximum absolute atomic E-state index is 12.8. The molecule has 1 heterocycles. The Hall–Kier alpha value is -1.61. The van der Waals surface area contributed by atoms with Gasteiger partial charge in [0.15, 0.2) is 15.6 Å². The lowest BCUT2D eigenvalue weighted by Crippen LogP contribution is -2.54. The van der Waals surface area contributed by atoms with Crippen molar-refractivity contribution in [3.63, 3.8) is 0 Å². The Morgan fingerprint density at radius 3 is 2.52 bits per heavy atom. The molecule has 1 aliphatic heterocycles. The number of Topliss-reactive ketones (excluding diaryl/α,β-unsaturated/α-hetero) is 1. The van der Waals surface area contributed by atoms with Crippen LogP contribution in [-0.2, 0) is 25.8 Å². The van der Waals surface area contributed by atoms with Gasteiger partial charge in [-0.1, -0.05) is 6.07 Å². The van der Waals surface area contributed by atoms with Crippen molar-refractivity contribution in [2.75, 3.05) is 18.6 Å². The summed E-state index contributed by atoms with van der Waals surface area (Å²) in [6.07, 6.45) is -0.545. The first-order chi connectivity index (χ1) is 12.4. The molecule has 0 aliphatic carbocycles. The van der Waals surface area contributed by atoms with Crippen LogP contribution in [0.1, 0.15) is 26.3 Å². The number of benzene rings is 1. The second-order valence-corrected chi connectivity index (χ2v) is 10.6. The van der Waals surface area contributed by atoms with Crippen LogP contribution in [0.15, 0.2) is 22.7 Å². The zero-order valence-corrected chi connectivity index (χ0v) is 18.1. The summed E-state index contributed by atoms with van der Waals surface area (Å²) in [6.45, 7) is 5.07. The van der Waals surface area contributed by atoms with Gasteiger partial charge in [0.05, 0.1) is 23.1 Å². The van der Waals surface area contributed by atoms with Crippen LogP contribution in [0.2, 0.25) is 0 Å². The Morgan fingerprint density at radius 2 is 1.96 bits per heavy atom. The van der Waals surface area contributed by atoms with Crippen LogP contribution in [-0.4, -0.2) is 50.6 Å². The van der Waals surface area contributed by atoms with E-state index in [9.17, 15) is 18.0 Å². The van der Waals surface area contributed by atoms with Gasteiger partial charge >= 0.3 is 6.09 Å². The van der Waals surface area contributed by atoms with Gasteiger partial charge in [-0.05, 0) is 60.8 Å². The highest BCUT2D eigenvalue weighted by Gasteiger charge is 2.40. The first-order valence-corrected chi connectivity index (χ1v) is 11.1. The van der Waals surface area contributed by atoms with Gasteiger partial charge in [0.25, 0.3) is 0 Å². The lowest BCUT2D eigenvalue weighted by atomic mass is 9.93. The molecule has 0 saturated carbocycles. The monoisotopic (exact) mass is 461 g/mol. The third-order valence-electron chi connectivity index (χ3n) is 4.01. The Kier molecular flexibility index (Phi) is 6.57. The summed E-state index contributed by atoms with van der Waals surface area (Å²) in [4.78, 5) is 24.7. The van der Waals surface area contributed by atoms with E-state index in [0.29, 0.717) is 5.75 Å². The predicted octanol–water partition coefficient (Wildman–Crippen LogP) is 2.51. The number of sulfone groups is 1. The summed E-state index contributed by atoms with van der Waals surface area (Å²) >= 11 is 3.38. The molecule has 7 nitrogen and oxygen atoms in total. The topological polar surface area (TPSA) is 98.8 Å². The molecule has 9 heteroatoms. The van der Waals surface area contributed by atoms with E-state index in [1.54, 1.807) is 46.1 Å². The van der Waals surface area contributed by atoms with Crippen molar-refractivity contribution in [3.8, 4) is 5.75 Å². The van der Waals surface area contributed by atoms with Gasteiger partial charge < -0.3 is 14.8 Å². The number of hydrogen-bond donors (Lipinski definition) is 1. The molecule has 2 atom stereocenters. The first kappa shape index (κ1) is 21.7. The fourth-order valence-corrected chi connectivity index (χ4v) is 5.30. The SMILES string of the molecule is COc1ccc(C[C@@H]2CS(=O)(=O)C[C@H](NC(=O)OC(C)(C)C)C2=O)cc1Br. The minimum Gasteiger partial charge on any atom is -0.496 e. The Bertz CT molecular complexity index is 831. The molecule has 2 rings (SSSR count). The zero-order chi connectivity index (χ0) is 20.4. The fraction of sp³-hybridized carbons (Fsp3) is 0.556. The standard InChI is InChI=1S/C18H24BrNO6S/c1-18(2,3)26-17(22)20-14-10-27(23,24)9-12(16(14)21)7-11-5-6-15(25-4)13(19)8-11/h5-6,8,12,14H,7,9-10H2,1-4H3,(H,20,22)/t12-,14+/m1/s1. The molecule has 1 N–H and O–H groups in total. The largest absolute Gasteiger partial charge is 0.496 e. The average molecular weight is 462 g/mol. The summed E-state index contributed by atoms with van der Waals surface area (Å²) in [5.74, 6) is -1.03. The van der Waals surface area contributed by atoms with Crippen molar-refractivity contribution < 1.29 is 27.5 Å². The number of alkyl carbamates (subject to hydrolysis) is 1. The lowest BCUT2D eigenvalue weighted by molar-refractivity contribution is -0.124. The quantitative estimate of drug-likeness (QED) is 0.739.